The third-order valence-corrected chi connectivity index (χ3v) is 3.08. The molecule has 22 heavy (non-hydrogen) atoms. The Morgan fingerprint density at radius 2 is 1.77 bits per heavy atom. The van der Waals surface area contributed by atoms with Crippen molar-refractivity contribution < 1.29 is 14.3 Å². The topological polar surface area (TPSA) is 58.6 Å². The largest absolute Gasteiger partial charge is 0.497 e. The zero-order chi connectivity index (χ0) is 16.5. The summed E-state index contributed by atoms with van der Waals surface area (Å²) in [6, 6.07) is 6.06. The fraction of sp³-hybridized carbons (Fsp3) is 0.294. The van der Waals surface area contributed by atoms with Gasteiger partial charge in [-0.05, 0) is 31.2 Å². The lowest BCUT2D eigenvalue weighted by Crippen LogP contribution is -2.47. The molecular weight excluding hydrogens is 280 g/mol. The Morgan fingerprint density at radius 3 is 2.23 bits per heavy atom. The van der Waals surface area contributed by atoms with Gasteiger partial charge in [-0.3, -0.25) is 9.59 Å². The number of carbonyl (C=O) groups is 2. The second kappa shape index (κ2) is 8.67. The fourth-order valence-corrected chi connectivity index (χ4v) is 1.92. The molecule has 0 aliphatic heterocycles. The van der Waals surface area contributed by atoms with Crippen LogP contribution in [0.25, 0.3) is 0 Å². The highest BCUT2D eigenvalue weighted by Crippen LogP contribution is 2.11. The minimum Gasteiger partial charge on any atom is -0.497 e. The normalized spacial score (nSPS) is 11.2. The molecule has 0 aromatic heterocycles. The van der Waals surface area contributed by atoms with E-state index < -0.39 is 6.04 Å². The van der Waals surface area contributed by atoms with E-state index >= 15 is 0 Å². The van der Waals surface area contributed by atoms with Crippen molar-refractivity contribution in [3.8, 4) is 5.75 Å². The Labute approximate surface area is 131 Å². The average Bonchev–Trinajstić information content (AvgIpc) is 2.53. The highest BCUT2D eigenvalue weighted by atomic mass is 16.5. The van der Waals surface area contributed by atoms with Gasteiger partial charge in [0.1, 0.15) is 11.8 Å². The summed E-state index contributed by atoms with van der Waals surface area (Å²) < 4.78 is 5.04. The number of carbonyl (C=O) groups excluding carboxylic acids is 2. The van der Waals surface area contributed by atoms with Crippen LogP contribution in [0.2, 0.25) is 0 Å². The lowest BCUT2D eigenvalue weighted by Gasteiger charge is -2.23. The second-order valence-electron chi connectivity index (χ2n) is 4.74. The summed E-state index contributed by atoms with van der Waals surface area (Å²) in [5.74, 6) is 0.186. The summed E-state index contributed by atoms with van der Waals surface area (Å²) in [4.78, 5) is 26.0. The first-order valence-electron chi connectivity index (χ1n) is 6.99. The zero-order valence-electron chi connectivity index (χ0n) is 13.0. The van der Waals surface area contributed by atoms with E-state index in [1.54, 1.807) is 55.4 Å². The van der Waals surface area contributed by atoms with Crippen LogP contribution in [0.5, 0.6) is 5.75 Å². The second-order valence-corrected chi connectivity index (χ2v) is 4.74. The maximum absolute atomic E-state index is 12.3. The fourth-order valence-electron chi connectivity index (χ4n) is 1.92. The average molecular weight is 302 g/mol. The summed E-state index contributed by atoms with van der Waals surface area (Å²) >= 11 is 0. The first kappa shape index (κ1) is 17.5. The van der Waals surface area contributed by atoms with E-state index in [4.69, 9.17) is 4.74 Å². The van der Waals surface area contributed by atoms with Gasteiger partial charge in [-0.2, -0.15) is 0 Å². The Bertz CT molecular complexity index is 527. The van der Waals surface area contributed by atoms with Crippen LogP contribution >= 0.6 is 0 Å². The van der Waals surface area contributed by atoms with Gasteiger partial charge in [0.15, 0.2) is 0 Å². The SMILES string of the molecule is C=CCN(CC=C)C(=O)C(C)NC(=O)c1ccc(OC)cc1. The number of nitrogens with one attached hydrogen (secondary N) is 1. The minimum atomic E-state index is -0.630. The van der Waals surface area contributed by atoms with Crippen LogP contribution in [-0.4, -0.2) is 43.0 Å². The van der Waals surface area contributed by atoms with E-state index in [2.05, 4.69) is 18.5 Å². The van der Waals surface area contributed by atoms with E-state index in [9.17, 15) is 9.59 Å². The summed E-state index contributed by atoms with van der Waals surface area (Å²) in [7, 11) is 1.56. The van der Waals surface area contributed by atoms with Crippen molar-refractivity contribution in [3.63, 3.8) is 0 Å². The summed E-state index contributed by atoms with van der Waals surface area (Å²) in [6.45, 7) is 9.72. The molecule has 1 unspecified atom stereocenters. The van der Waals surface area contributed by atoms with Crippen molar-refractivity contribution in [1.29, 1.82) is 0 Å². The van der Waals surface area contributed by atoms with Crippen molar-refractivity contribution >= 4 is 11.8 Å². The molecule has 1 N–H and O–H groups in total. The maximum Gasteiger partial charge on any atom is 0.251 e. The lowest BCUT2D eigenvalue weighted by molar-refractivity contribution is -0.131. The third kappa shape index (κ3) is 4.77. The van der Waals surface area contributed by atoms with Gasteiger partial charge in [0.2, 0.25) is 5.91 Å². The van der Waals surface area contributed by atoms with Gasteiger partial charge < -0.3 is 15.0 Å². The van der Waals surface area contributed by atoms with Gasteiger partial charge in [-0.25, -0.2) is 0 Å². The van der Waals surface area contributed by atoms with Crippen LogP contribution < -0.4 is 10.1 Å². The van der Waals surface area contributed by atoms with Crippen LogP contribution in [0.3, 0.4) is 0 Å². The standard InChI is InChI=1S/C17H22N2O3/c1-5-11-19(12-6-2)17(21)13(3)18-16(20)14-7-9-15(22-4)10-8-14/h5-10,13H,1-2,11-12H2,3-4H3,(H,18,20). The monoisotopic (exact) mass is 302 g/mol. The van der Waals surface area contributed by atoms with Crippen LogP contribution in [0, 0.1) is 0 Å². The molecule has 0 saturated heterocycles. The number of benzene rings is 1. The molecule has 0 heterocycles. The third-order valence-electron chi connectivity index (χ3n) is 3.08. The van der Waals surface area contributed by atoms with E-state index in [-0.39, 0.29) is 11.8 Å². The van der Waals surface area contributed by atoms with Gasteiger partial charge >= 0.3 is 0 Å². The van der Waals surface area contributed by atoms with Crippen molar-refractivity contribution in [3.05, 3.63) is 55.1 Å². The lowest BCUT2D eigenvalue weighted by atomic mass is 10.2. The Balaban J connectivity index is 2.70. The number of methoxy groups -OCH3 is 1. The molecule has 5 heteroatoms. The molecule has 0 aliphatic carbocycles. The molecule has 0 aliphatic rings. The van der Waals surface area contributed by atoms with Crippen molar-refractivity contribution in [2.24, 2.45) is 0 Å². The number of hydrogen-bond acceptors (Lipinski definition) is 3. The first-order valence-corrected chi connectivity index (χ1v) is 6.99. The molecule has 0 saturated carbocycles. The molecule has 118 valence electrons. The van der Waals surface area contributed by atoms with E-state index in [1.807, 2.05) is 0 Å². The molecule has 0 spiro atoms. The molecule has 1 atom stereocenters. The van der Waals surface area contributed by atoms with Crippen molar-refractivity contribution in [2.75, 3.05) is 20.2 Å². The van der Waals surface area contributed by atoms with Crippen LogP contribution in [0.15, 0.2) is 49.6 Å². The maximum atomic E-state index is 12.3. The highest BCUT2D eigenvalue weighted by molar-refractivity contribution is 5.97. The van der Waals surface area contributed by atoms with Crippen molar-refractivity contribution in [1.82, 2.24) is 10.2 Å². The van der Waals surface area contributed by atoms with Crippen LogP contribution in [0.4, 0.5) is 0 Å². The minimum absolute atomic E-state index is 0.179. The van der Waals surface area contributed by atoms with Crippen LogP contribution in [0.1, 0.15) is 17.3 Å². The zero-order valence-corrected chi connectivity index (χ0v) is 13.0. The molecule has 1 aromatic carbocycles. The number of rotatable bonds is 8. The molecule has 1 aromatic rings. The van der Waals surface area contributed by atoms with Gasteiger partial charge in [-0.1, -0.05) is 12.2 Å². The number of ether oxygens (including phenoxy) is 1. The number of nitrogens with zero attached hydrogens (tertiary/aromatic N) is 1. The van der Waals surface area contributed by atoms with Gasteiger partial charge in [0.25, 0.3) is 5.91 Å². The van der Waals surface area contributed by atoms with E-state index in [0.717, 1.165) is 0 Å². The molecular formula is C17H22N2O3. The smallest absolute Gasteiger partial charge is 0.251 e. The Morgan fingerprint density at radius 1 is 1.23 bits per heavy atom. The molecule has 5 nitrogen and oxygen atoms in total. The summed E-state index contributed by atoms with van der Waals surface area (Å²) in [6.07, 6.45) is 3.28. The highest BCUT2D eigenvalue weighted by Gasteiger charge is 2.21. The van der Waals surface area contributed by atoms with E-state index in [0.29, 0.717) is 24.4 Å². The van der Waals surface area contributed by atoms with Gasteiger partial charge in [0, 0.05) is 18.7 Å². The van der Waals surface area contributed by atoms with E-state index in [1.165, 1.54) is 0 Å². The Kier molecular flexibility index (Phi) is 6.89. The van der Waals surface area contributed by atoms with Gasteiger partial charge in [-0.15, -0.1) is 13.2 Å². The molecule has 0 bridgehead atoms. The molecule has 2 amide bonds. The van der Waals surface area contributed by atoms with Crippen LogP contribution in [-0.2, 0) is 4.79 Å². The molecule has 0 radical (unpaired) electrons. The van der Waals surface area contributed by atoms with Crippen molar-refractivity contribution in [2.45, 2.75) is 13.0 Å². The Hall–Kier alpha value is -2.56. The number of amides is 2. The molecule has 1 rings (SSSR count). The van der Waals surface area contributed by atoms with Gasteiger partial charge in [0.05, 0.1) is 7.11 Å². The molecule has 0 fully saturated rings. The summed E-state index contributed by atoms with van der Waals surface area (Å²) in [5, 5.41) is 2.69. The predicted molar refractivity (Wildman–Crippen MR) is 86.9 cm³/mol. The predicted octanol–water partition coefficient (Wildman–Crippen LogP) is 2.01. The quantitative estimate of drug-likeness (QED) is 0.747. The summed E-state index contributed by atoms with van der Waals surface area (Å²) in [5.41, 5.74) is 0.472. The first-order chi connectivity index (χ1) is 10.5. The number of hydrogen-bond donors (Lipinski definition) is 1.